The molecule has 4 saturated carbocycles. The molecule has 5 aromatic carbocycles. The van der Waals surface area contributed by atoms with Crippen LogP contribution in [0.3, 0.4) is 0 Å². The first-order chi connectivity index (χ1) is 57.2. The number of carbonyl (C=O) groups is 2. The van der Waals surface area contributed by atoms with Crippen LogP contribution >= 0.6 is 0 Å². The monoisotopic (exact) mass is 1670 g/mol. The molecule has 654 valence electrons. The lowest BCUT2D eigenvalue weighted by atomic mass is 9.43. The molecule has 2 N–H and O–H groups in total. The number of aldehydes is 1. The molecule has 5 aromatic rings. The van der Waals surface area contributed by atoms with Gasteiger partial charge in [0.15, 0.2) is 40.9 Å². The maximum absolute atomic E-state index is 18.2. The average molecular weight is 1680 g/mol. The summed E-state index contributed by atoms with van der Waals surface area (Å²) in [7, 11) is -4.59. The summed E-state index contributed by atoms with van der Waals surface area (Å²) in [6.45, 7) is 35.6. The van der Waals surface area contributed by atoms with E-state index in [0.717, 1.165) is 128 Å². The van der Waals surface area contributed by atoms with Crippen LogP contribution in [0.4, 0.5) is 0 Å². The highest BCUT2D eigenvalue weighted by molar-refractivity contribution is 6.74. The predicted octanol–water partition coefficient (Wildman–Crippen LogP) is 19.6. The molecule has 4 aliphatic carbocycles. The van der Waals surface area contributed by atoms with Gasteiger partial charge in [-0.25, -0.2) is 0 Å². The van der Waals surface area contributed by atoms with Gasteiger partial charge in [-0.1, -0.05) is 248 Å². The van der Waals surface area contributed by atoms with E-state index >= 15 is 4.79 Å². The normalized spacial score (nSPS) is 37.3. The third-order valence-electron chi connectivity index (χ3n) is 31.3. The molecule has 18 nitrogen and oxygen atoms in total. The first-order valence-electron chi connectivity index (χ1n) is 45.9. The molecular formula is C99H143NO17Si2. The Balaban J connectivity index is 0.858. The van der Waals surface area contributed by atoms with Crippen molar-refractivity contribution < 1.29 is 80.0 Å². The molecule has 11 unspecified atom stereocenters. The summed E-state index contributed by atoms with van der Waals surface area (Å²) in [5, 5.41) is 0. The SMILES string of the molecule is CC[C@]1(C)C[C@H](O[Si](CC)(CC)CC)[C@@]2(C(=O)OC3([C@@H]4O[C@H](C)[C@H](O[C@@H]5OC[C@@H](OCc6ccccc6)C(OCc6ccccc6)C5OCc5ccccc5)C5OC(C)(C)OC54)OC4C(OCc5ccccc5)[C@@H](N)[C@@H](COCc5ccccc5)O[C@H]43)CCC(C)(C)CC2C1CCC1CCC[C@@H]2C1(C)CC[C@H](O[Si](CC)(CC)CC)[C@]2(C)C=O. The Hall–Kier alpha value is -4.93. The van der Waals surface area contributed by atoms with Crippen LogP contribution in [0.2, 0.25) is 36.3 Å². The Morgan fingerprint density at radius 2 is 1.05 bits per heavy atom. The molecule has 5 saturated heterocycles. The topological polar surface area (TPSA) is 199 Å². The molecule has 0 radical (unpaired) electrons. The molecule has 14 rings (SSSR count). The second-order valence-electron chi connectivity index (χ2n) is 38.9. The number of rotatable bonds is 36. The lowest BCUT2D eigenvalue weighted by Gasteiger charge is -2.66. The Morgan fingerprint density at radius 3 is 1.60 bits per heavy atom. The van der Waals surface area contributed by atoms with Gasteiger partial charge in [0.05, 0.1) is 87.5 Å². The highest BCUT2D eigenvalue weighted by Crippen LogP contribution is 2.68. The minimum atomic E-state index is -2.54. The van der Waals surface area contributed by atoms with Crippen molar-refractivity contribution in [2.45, 2.75) is 360 Å². The zero-order chi connectivity index (χ0) is 84.2. The van der Waals surface area contributed by atoms with Crippen LogP contribution in [0, 0.1) is 50.7 Å². The molecule has 25 atom stereocenters. The fourth-order valence-corrected chi connectivity index (χ4v) is 29.3. The third kappa shape index (κ3) is 18.6. The summed E-state index contributed by atoms with van der Waals surface area (Å²) in [6, 6.07) is 55.6. The van der Waals surface area contributed by atoms with Crippen LogP contribution in [0.15, 0.2) is 152 Å². The smallest absolute Gasteiger partial charge is 0.317 e. The Morgan fingerprint density at radius 1 is 0.538 bits per heavy atom. The fourth-order valence-electron chi connectivity index (χ4n) is 23.5. The lowest BCUT2D eigenvalue weighted by Crippen LogP contribution is -2.84. The largest absolute Gasteiger partial charge is 0.426 e. The van der Waals surface area contributed by atoms with E-state index in [1.165, 1.54) is 6.29 Å². The first-order valence-corrected chi connectivity index (χ1v) is 51.0. The third-order valence-corrected chi connectivity index (χ3v) is 40.6. The minimum Gasteiger partial charge on any atom is -0.426 e. The molecule has 9 fully saturated rings. The van der Waals surface area contributed by atoms with Gasteiger partial charge in [0, 0.05) is 0 Å². The second-order valence-corrected chi connectivity index (χ2v) is 48.4. The van der Waals surface area contributed by atoms with Crippen LogP contribution in [-0.4, -0.2) is 151 Å². The van der Waals surface area contributed by atoms with Crippen LogP contribution in [-0.2, 0) is 113 Å². The van der Waals surface area contributed by atoms with E-state index in [1.54, 1.807) is 0 Å². The van der Waals surface area contributed by atoms with Crippen molar-refractivity contribution in [1.29, 1.82) is 0 Å². The van der Waals surface area contributed by atoms with Crippen LogP contribution in [0.5, 0.6) is 0 Å². The number of ether oxygens (including phenoxy) is 13. The van der Waals surface area contributed by atoms with E-state index in [1.807, 2.05) is 160 Å². The molecule has 0 aromatic heterocycles. The van der Waals surface area contributed by atoms with E-state index in [0.29, 0.717) is 32.0 Å². The van der Waals surface area contributed by atoms with Crippen molar-refractivity contribution in [3.63, 3.8) is 0 Å². The number of hydrogen-bond donors (Lipinski definition) is 1. The highest BCUT2D eigenvalue weighted by Gasteiger charge is 2.77. The van der Waals surface area contributed by atoms with Crippen LogP contribution in [0.1, 0.15) is 209 Å². The molecule has 0 bridgehead atoms. The van der Waals surface area contributed by atoms with Crippen molar-refractivity contribution in [3.05, 3.63) is 179 Å². The van der Waals surface area contributed by atoms with E-state index in [2.05, 4.69) is 95.2 Å². The number of esters is 1. The number of carbonyl (C=O) groups excluding carboxylic acids is 2. The summed E-state index contributed by atoms with van der Waals surface area (Å²) in [5.41, 5.74) is 10.2. The summed E-state index contributed by atoms with van der Waals surface area (Å²) in [4.78, 5) is 32.3. The van der Waals surface area contributed by atoms with Crippen molar-refractivity contribution in [1.82, 2.24) is 0 Å². The van der Waals surface area contributed by atoms with E-state index < -0.39 is 131 Å². The standard InChI is InChI=1S/C99H143NO17Si2/c1-16-95(13)58-80(117-119(20-5,21-6)22-7)98(56-55-93(9,10)57-75(98)74(95)52-51-73-49-38-50-78-96(73,14)54-53-79(97(78,15)66-101)116-118(17-2,18-3)19-4)92(102)115-99(90-86(114-99)84(106-62-71-45-34-26-35-46-71)81(100)76(110-90)64-103-59-68-39-28-23-29-40-68)89-87-85(112-94(11,12)113-87)82(67(8)109-89)111-91-88(107-63-72-47-36-27-37-48-72)83(105-61-70-43-32-25-33-44-70)77(65-108-91)104-60-69-41-30-24-31-42-69/h23-37,39-48,66-67,73-91H,16-22,38,49-65,100H2,1-15H3/t67-,73?,74?,75?,76-,77-,78-,79+,80+,81+,82+,83?,84?,85?,86?,87?,88?,89-,90-,91+,95-,96?,97-,98-,99?/m1/s1. The molecule has 5 aliphatic heterocycles. The van der Waals surface area contributed by atoms with E-state index in [4.69, 9.17) is 76.2 Å². The highest BCUT2D eigenvalue weighted by atomic mass is 28.4. The zero-order valence-corrected chi connectivity index (χ0v) is 76.3. The van der Waals surface area contributed by atoms with Gasteiger partial charge < -0.3 is 81.0 Å². The Kier molecular flexibility index (Phi) is 28.9. The van der Waals surface area contributed by atoms with E-state index in [-0.39, 0.29) is 79.1 Å². The van der Waals surface area contributed by atoms with Crippen molar-refractivity contribution in [2.75, 3.05) is 13.2 Å². The Labute approximate surface area is 713 Å². The minimum absolute atomic E-state index is 0.0803. The zero-order valence-electron chi connectivity index (χ0n) is 74.3. The van der Waals surface area contributed by atoms with E-state index in [9.17, 15) is 4.79 Å². The van der Waals surface area contributed by atoms with Crippen molar-refractivity contribution in [2.24, 2.45) is 56.5 Å². The summed E-state index contributed by atoms with van der Waals surface area (Å²) >= 11 is 0. The molecule has 5 heterocycles. The number of benzene rings is 5. The first kappa shape index (κ1) is 90.3. The molecule has 0 amide bonds. The van der Waals surface area contributed by atoms with Gasteiger partial charge >= 0.3 is 5.97 Å². The van der Waals surface area contributed by atoms with Gasteiger partial charge in [-0.2, -0.15) is 0 Å². The molecular weight excluding hydrogens is 1530 g/mol. The van der Waals surface area contributed by atoms with Crippen molar-refractivity contribution in [3.8, 4) is 0 Å². The number of fused-ring (bicyclic) bond motifs is 4. The fraction of sp³-hybridized carbons (Fsp3) is 0.677. The average Bonchev–Trinajstić information content (AvgIpc) is 1.07. The molecule has 119 heavy (non-hydrogen) atoms. The Bertz CT molecular complexity index is 4020. The van der Waals surface area contributed by atoms with Gasteiger partial charge in [0.1, 0.15) is 55.1 Å². The molecule has 20 heteroatoms. The molecule has 0 spiro atoms. The quantitative estimate of drug-likeness (QED) is 0.0225. The summed E-state index contributed by atoms with van der Waals surface area (Å²) in [6.07, 6.45) is -0.0926. The van der Waals surface area contributed by atoms with Gasteiger partial charge in [0.25, 0.3) is 5.79 Å². The maximum Gasteiger partial charge on any atom is 0.317 e. The number of hydrogen-bond acceptors (Lipinski definition) is 18. The van der Waals surface area contributed by atoms with Crippen LogP contribution < -0.4 is 5.73 Å². The summed E-state index contributed by atoms with van der Waals surface area (Å²) < 4.78 is 111. The van der Waals surface area contributed by atoms with Gasteiger partial charge in [-0.05, 0) is 189 Å². The lowest BCUT2D eigenvalue weighted by molar-refractivity contribution is -0.471. The maximum atomic E-state index is 18.2. The molecule has 9 aliphatic rings. The van der Waals surface area contributed by atoms with Gasteiger partial charge in [-0.3, -0.25) is 4.79 Å². The van der Waals surface area contributed by atoms with Gasteiger partial charge in [-0.15, -0.1) is 0 Å². The summed E-state index contributed by atoms with van der Waals surface area (Å²) in [5.74, 6) is -3.19. The van der Waals surface area contributed by atoms with Gasteiger partial charge in [0.2, 0.25) is 0 Å². The number of nitrogens with two attached hydrogens (primary N) is 1. The predicted molar refractivity (Wildman–Crippen MR) is 465 cm³/mol. The van der Waals surface area contributed by atoms with Crippen molar-refractivity contribution >= 4 is 28.9 Å². The van der Waals surface area contributed by atoms with Crippen LogP contribution in [0.25, 0.3) is 0 Å². The second kappa shape index (κ2) is 38.1.